The van der Waals surface area contributed by atoms with Gasteiger partial charge in [0.15, 0.2) is 12.4 Å². The Morgan fingerprint density at radius 1 is 1.06 bits per heavy atom. The fourth-order valence-electron chi connectivity index (χ4n) is 6.32. The number of ketones is 1. The number of Topliss-reactive ketones (excluding diaryl/α,β-unsaturated/α-hetero) is 1. The molecule has 4 saturated carbocycles. The molecule has 2 N–H and O–H groups in total. The van der Waals surface area contributed by atoms with Crippen molar-refractivity contribution >= 4 is 23.3 Å². The Bertz CT molecular complexity index is 832. The first kappa shape index (κ1) is 22.0. The average molecular weight is 428 g/mol. The molecule has 0 heterocycles. The van der Waals surface area contributed by atoms with Crippen LogP contribution in [-0.2, 0) is 14.3 Å². The SMILES string of the molecule is CCCCCC(=O)Nc1ccc(C(=O)COC(=O)C23CC4CC(CC(O)(C4)C2)C3)cc1. The van der Waals surface area contributed by atoms with Crippen LogP contribution in [-0.4, -0.2) is 35.0 Å². The second kappa shape index (κ2) is 8.73. The van der Waals surface area contributed by atoms with Crippen LogP contribution in [0.4, 0.5) is 5.69 Å². The minimum Gasteiger partial charge on any atom is -0.457 e. The summed E-state index contributed by atoms with van der Waals surface area (Å²) in [5, 5.41) is 13.7. The van der Waals surface area contributed by atoms with Gasteiger partial charge in [0.1, 0.15) is 0 Å². The van der Waals surface area contributed by atoms with Crippen LogP contribution in [0, 0.1) is 17.3 Å². The van der Waals surface area contributed by atoms with Crippen LogP contribution in [0.5, 0.6) is 0 Å². The number of benzene rings is 1. The van der Waals surface area contributed by atoms with Gasteiger partial charge in [0.05, 0.1) is 11.0 Å². The average Bonchev–Trinajstić information content (AvgIpc) is 2.70. The fourth-order valence-corrected chi connectivity index (χ4v) is 6.32. The number of amides is 1. The molecule has 0 saturated heterocycles. The number of rotatable bonds is 9. The van der Waals surface area contributed by atoms with Gasteiger partial charge in [0.2, 0.25) is 5.91 Å². The summed E-state index contributed by atoms with van der Waals surface area (Å²) >= 11 is 0. The number of ether oxygens (including phenoxy) is 1. The van der Waals surface area contributed by atoms with Crippen molar-refractivity contribution in [3.05, 3.63) is 29.8 Å². The number of hydrogen-bond donors (Lipinski definition) is 2. The minimum atomic E-state index is -0.732. The summed E-state index contributed by atoms with van der Waals surface area (Å²) in [6.07, 6.45) is 8.13. The monoisotopic (exact) mass is 427 g/mol. The van der Waals surface area contributed by atoms with Crippen LogP contribution in [0.1, 0.15) is 81.5 Å². The first-order valence-corrected chi connectivity index (χ1v) is 11.6. The summed E-state index contributed by atoms with van der Waals surface area (Å²) < 4.78 is 5.47. The van der Waals surface area contributed by atoms with Crippen molar-refractivity contribution in [2.24, 2.45) is 17.3 Å². The molecule has 4 fully saturated rings. The van der Waals surface area contributed by atoms with E-state index < -0.39 is 11.0 Å². The molecular formula is C25H33NO5. The van der Waals surface area contributed by atoms with E-state index >= 15 is 0 Å². The number of carbonyl (C=O) groups is 3. The van der Waals surface area contributed by atoms with Crippen molar-refractivity contribution < 1.29 is 24.2 Å². The predicted octanol–water partition coefficient (Wildman–Crippen LogP) is 4.26. The standard InChI is InChI=1S/C25H33NO5/c1-2-3-4-5-22(28)26-20-8-6-19(7-9-20)21(27)15-31-23(29)24-11-17-10-18(12-24)14-25(30,13-17)16-24/h6-9,17-18,30H,2-5,10-16H2,1H3,(H,26,28). The molecule has 31 heavy (non-hydrogen) atoms. The van der Waals surface area contributed by atoms with E-state index in [0.717, 1.165) is 51.4 Å². The molecule has 1 aromatic rings. The summed E-state index contributed by atoms with van der Waals surface area (Å²) in [7, 11) is 0. The Hall–Kier alpha value is -2.21. The van der Waals surface area contributed by atoms with E-state index in [1.807, 2.05) is 0 Å². The van der Waals surface area contributed by atoms with Gasteiger partial charge in [-0.1, -0.05) is 19.8 Å². The van der Waals surface area contributed by atoms with Gasteiger partial charge in [-0.05, 0) is 81.0 Å². The van der Waals surface area contributed by atoms with Gasteiger partial charge in [0, 0.05) is 17.7 Å². The number of hydrogen-bond acceptors (Lipinski definition) is 5. The lowest BCUT2D eigenvalue weighted by Gasteiger charge is -2.58. The zero-order valence-corrected chi connectivity index (χ0v) is 18.3. The van der Waals surface area contributed by atoms with Crippen LogP contribution >= 0.6 is 0 Å². The molecule has 1 aromatic carbocycles. The maximum atomic E-state index is 12.9. The molecule has 168 valence electrons. The van der Waals surface area contributed by atoms with Crippen LogP contribution < -0.4 is 5.32 Å². The maximum Gasteiger partial charge on any atom is 0.312 e. The molecule has 0 aliphatic heterocycles. The second-order valence-corrected chi connectivity index (χ2v) is 10.0. The first-order chi connectivity index (χ1) is 14.8. The molecule has 5 rings (SSSR count). The third-order valence-corrected chi connectivity index (χ3v) is 7.30. The van der Waals surface area contributed by atoms with Gasteiger partial charge in [-0.15, -0.1) is 0 Å². The number of nitrogens with one attached hydrogen (secondary N) is 1. The first-order valence-electron chi connectivity index (χ1n) is 11.6. The summed E-state index contributed by atoms with van der Waals surface area (Å²) in [4.78, 5) is 37.4. The highest BCUT2D eigenvalue weighted by Gasteiger charge is 2.60. The predicted molar refractivity (Wildman–Crippen MR) is 117 cm³/mol. The molecule has 2 atom stereocenters. The highest BCUT2D eigenvalue weighted by molar-refractivity contribution is 5.99. The molecule has 4 aliphatic rings. The maximum absolute atomic E-state index is 12.9. The Labute approximate surface area is 183 Å². The highest BCUT2D eigenvalue weighted by atomic mass is 16.5. The summed E-state index contributed by atoms with van der Waals surface area (Å²) in [6.45, 7) is 1.80. The quantitative estimate of drug-likeness (QED) is 0.349. The number of anilines is 1. The van der Waals surface area contributed by atoms with Crippen molar-refractivity contribution in [3.63, 3.8) is 0 Å². The smallest absolute Gasteiger partial charge is 0.312 e. The summed E-state index contributed by atoms with van der Waals surface area (Å²) in [6, 6.07) is 6.68. The Kier molecular flexibility index (Phi) is 6.20. The topological polar surface area (TPSA) is 92.7 Å². The van der Waals surface area contributed by atoms with Gasteiger partial charge in [-0.25, -0.2) is 0 Å². The minimum absolute atomic E-state index is 0.0290. The number of esters is 1. The van der Waals surface area contributed by atoms with E-state index in [1.165, 1.54) is 0 Å². The van der Waals surface area contributed by atoms with E-state index in [9.17, 15) is 19.5 Å². The van der Waals surface area contributed by atoms with E-state index in [2.05, 4.69) is 12.2 Å². The zero-order valence-electron chi connectivity index (χ0n) is 18.3. The van der Waals surface area contributed by atoms with Crippen molar-refractivity contribution in [3.8, 4) is 0 Å². The number of unbranched alkanes of at least 4 members (excludes halogenated alkanes) is 2. The van der Waals surface area contributed by atoms with E-state index in [-0.39, 0.29) is 24.3 Å². The van der Waals surface area contributed by atoms with Crippen LogP contribution in [0.25, 0.3) is 0 Å². The van der Waals surface area contributed by atoms with Crippen molar-refractivity contribution in [1.29, 1.82) is 0 Å². The van der Waals surface area contributed by atoms with Crippen LogP contribution in [0.3, 0.4) is 0 Å². The second-order valence-electron chi connectivity index (χ2n) is 10.0. The lowest BCUT2D eigenvalue weighted by molar-refractivity contribution is -0.195. The van der Waals surface area contributed by atoms with Gasteiger partial charge < -0.3 is 15.2 Å². The molecule has 0 radical (unpaired) electrons. The molecule has 2 unspecified atom stereocenters. The molecule has 4 aliphatic carbocycles. The molecule has 6 heteroatoms. The van der Waals surface area contributed by atoms with Gasteiger partial charge in [-0.2, -0.15) is 0 Å². The Balaban J connectivity index is 1.29. The number of carbonyl (C=O) groups excluding carboxylic acids is 3. The lowest BCUT2D eigenvalue weighted by Crippen LogP contribution is -2.58. The highest BCUT2D eigenvalue weighted by Crippen LogP contribution is 2.61. The van der Waals surface area contributed by atoms with E-state index in [0.29, 0.717) is 35.9 Å². The molecule has 0 spiro atoms. The van der Waals surface area contributed by atoms with E-state index in [1.54, 1.807) is 24.3 Å². The lowest BCUT2D eigenvalue weighted by atomic mass is 9.48. The molecule has 0 aromatic heterocycles. The Morgan fingerprint density at radius 3 is 2.35 bits per heavy atom. The molecule has 1 amide bonds. The van der Waals surface area contributed by atoms with Crippen LogP contribution in [0.15, 0.2) is 24.3 Å². The molecular weight excluding hydrogens is 394 g/mol. The van der Waals surface area contributed by atoms with Gasteiger partial charge in [-0.3, -0.25) is 14.4 Å². The van der Waals surface area contributed by atoms with Crippen molar-refractivity contribution in [1.82, 2.24) is 0 Å². The van der Waals surface area contributed by atoms with Crippen LogP contribution in [0.2, 0.25) is 0 Å². The van der Waals surface area contributed by atoms with Gasteiger partial charge >= 0.3 is 5.97 Å². The van der Waals surface area contributed by atoms with E-state index in [4.69, 9.17) is 4.74 Å². The van der Waals surface area contributed by atoms with Crippen molar-refractivity contribution in [2.75, 3.05) is 11.9 Å². The largest absolute Gasteiger partial charge is 0.457 e. The molecule has 4 bridgehead atoms. The summed E-state index contributed by atoms with van der Waals surface area (Å²) in [5.74, 6) is 0.152. The van der Waals surface area contributed by atoms with Gasteiger partial charge in [0.25, 0.3) is 0 Å². The fraction of sp³-hybridized carbons (Fsp3) is 0.640. The third kappa shape index (κ3) is 4.84. The Morgan fingerprint density at radius 2 is 1.74 bits per heavy atom. The zero-order chi connectivity index (χ0) is 22.1. The molecule has 6 nitrogen and oxygen atoms in total. The van der Waals surface area contributed by atoms with Crippen molar-refractivity contribution in [2.45, 2.75) is 76.7 Å². The number of aliphatic hydroxyl groups is 1. The summed E-state index contributed by atoms with van der Waals surface area (Å²) in [5.41, 5.74) is -0.257. The normalized spacial score (nSPS) is 30.8. The third-order valence-electron chi connectivity index (χ3n) is 7.30.